The molecule has 2 aromatic heterocycles. The molecule has 0 radical (unpaired) electrons. The van der Waals surface area contributed by atoms with E-state index in [0.29, 0.717) is 40.1 Å². The molecule has 2 aliphatic heterocycles. The summed E-state index contributed by atoms with van der Waals surface area (Å²) in [6.45, 7) is 3.21. The number of methoxy groups -OCH3 is 1. The molecule has 9 heteroatoms. The smallest absolute Gasteiger partial charge is 0.255 e. The molecule has 2 fully saturated rings. The number of carbonyl (C=O) groups is 1. The van der Waals surface area contributed by atoms with Gasteiger partial charge in [-0.25, -0.2) is 0 Å². The fraction of sp³-hybridized carbons (Fsp3) is 0.385. The molecule has 1 saturated heterocycles. The number of nitrogens with one attached hydrogen (secondary N) is 3. The predicted molar refractivity (Wildman–Crippen MR) is 133 cm³/mol. The Balaban J connectivity index is 1.47. The molecule has 3 atom stereocenters. The van der Waals surface area contributed by atoms with Crippen LogP contribution in [-0.4, -0.2) is 47.8 Å². The third-order valence-corrected chi connectivity index (χ3v) is 7.61. The number of para-hydroxylation sites is 1. The van der Waals surface area contributed by atoms with Gasteiger partial charge in [-0.05, 0) is 38.0 Å². The van der Waals surface area contributed by atoms with E-state index in [1.807, 2.05) is 25.1 Å². The first-order chi connectivity index (χ1) is 17.0. The number of H-pyrrole nitrogens is 1. The summed E-state index contributed by atoms with van der Waals surface area (Å²) in [7, 11) is 1.57. The fourth-order valence-corrected chi connectivity index (χ4v) is 5.32. The molecular weight excluding hydrogens is 468 g/mol. The number of anilines is 2. The number of fused-ring (bicyclic) bond motifs is 3. The van der Waals surface area contributed by atoms with Gasteiger partial charge in [0.2, 0.25) is 0 Å². The monoisotopic (exact) mass is 494 g/mol. The number of hydrogen-bond acceptors (Lipinski definition) is 6. The number of hydrogen-bond donors (Lipinski definition) is 3. The first-order valence-electron chi connectivity index (χ1n) is 11.8. The van der Waals surface area contributed by atoms with E-state index < -0.39 is 0 Å². The van der Waals surface area contributed by atoms with E-state index in [9.17, 15) is 4.79 Å². The van der Waals surface area contributed by atoms with Crippen molar-refractivity contribution >= 4 is 28.9 Å². The molecule has 1 aromatic carbocycles. The van der Waals surface area contributed by atoms with Crippen molar-refractivity contribution in [3.05, 3.63) is 52.9 Å². The normalized spacial score (nSPS) is 24.4. The number of amides is 1. The van der Waals surface area contributed by atoms with E-state index in [1.165, 1.54) is 0 Å². The number of ether oxygens (including phenoxy) is 3. The highest BCUT2D eigenvalue weighted by Crippen LogP contribution is 2.49. The van der Waals surface area contributed by atoms with Gasteiger partial charge in [0, 0.05) is 35.8 Å². The predicted octanol–water partition coefficient (Wildman–Crippen LogP) is 5.03. The maximum atomic E-state index is 13.3. The van der Waals surface area contributed by atoms with Crippen LogP contribution in [0.2, 0.25) is 5.02 Å². The molecule has 3 aliphatic rings. The topological polar surface area (TPSA) is 97.5 Å². The number of halogens is 1. The van der Waals surface area contributed by atoms with Gasteiger partial charge >= 0.3 is 0 Å². The van der Waals surface area contributed by atoms with Gasteiger partial charge in [0.25, 0.3) is 5.91 Å². The van der Waals surface area contributed by atoms with Gasteiger partial charge < -0.3 is 29.8 Å². The summed E-state index contributed by atoms with van der Waals surface area (Å²) in [6.07, 6.45) is 6.38. The minimum atomic E-state index is -0.295. The summed E-state index contributed by atoms with van der Waals surface area (Å²) < 4.78 is 17.5. The number of aromatic nitrogens is 2. The molecule has 6 rings (SSSR count). The quantitative estimate of drug-likeness (QED) is 0.426. The first kappa shape index (κ1) is 22.2. The van der Waals surface area contributed by atoms with E-state index in [4.69, 9.17) is 25.8 Å². The largest absolute Gasteiger partial charge is 0.493 e. The van der Waals surface area contributed by atoms with Gasteiger partial charge in [-0.2, -0.15) is 0 Å². The first-order valence-corrected chi connectivity index (χ1v) is 12.2. The summed E-state index contributed by atoms with van der Waals surface area (Å²) in [4.78, 5) is 21.1. The van der Waals surface area contributed by atoms with E-state index in [1.54, 1.807) is 25.6 Å². The summed E-state index contributed by atoms with van der Waals surface area (Å²) in [6, 6.07) is 7.54. The highest BCUT2D eigenvalue weighted by molar-refractivity contribution is 6.32. The molecular formula is C26H27ClN4O4. The average Bonchev–Trinajstić information content (AvgIpc) is 3.17. The lowest BCUT2D eigenvalue weighted by molar-refractivity contribution is -0.152. The molecule has 182 valence electrons. The average molecular weight is 495 g/mol. The van der Waals surface area contributed by atoms with Crippen LogP contribution in [0.5, 0.6) is 11.5 Å². The molecule has 1 aliphatic carbocycles. The van der Waals surface area contributed by atoms with Crippen LogP contribution in [-0.2, 0) is 4.74 Å². The molecule has 0 bridgehead atoms. The number of benzene rings is 1. The maximum Gasteiger partial charge on any atom is 0.255 e. The zero-order chi connectivity index (χ0) is 24.2. The van der Waals surface area contributed by atoms with Crippen molar-refractivity contribution in [2.75, 3.05) is 25.6 Å². The summed E-state index contributed by atoms with van der Waals surface area (Å²) >= 11 is 6.39. The molecule has 1 saturated carbocycles. The molecule has 3 aromatic rings. The SMILES string of the molecule is COc1c(Cl)cccc1Nc1c(-c2ccncc2OC[C@]2(C)CCO2)[nH]c2c1C(=O)N[C@@H]1CC[C@H]21. The Bertz CT molecular complexity index is 1300. The van der Waals surface area contributed by atoms with Gasteiger partial charge in [0.15, 0.2) is 5.75 Å². The van der Waals surface area contributed by atoms with Crippen LogP contribution in [0.4, 0.5) is 11.4 Å². The third-order valence-electron chi connectivity index (χ3n) is 7.32. The van der Waals surface area contributed by atoms with Gasteiger partial charge in [0.1, 0.15) is 18.0 Å². The van der Waals surface area contributed by atoms with Crippen LogP contribution in [0.1, 0.15) is 48.2 Å². The van der Waals surface area contributed by atoms with Crippen LogP contribution in [0, 0.1) is 0 Å². The van der Waals surface area contributed by atoms with Gasteiger partial charge in [-0.3, -0.25) is 9.78 Å². The van der Waals surface area contributed by atoms with Gasteiger partial charge in [0.05, 0.1) is 47.6 Å². The van der Waals surface area contributed by atoms with Gasteiger partial charge in [-0.15, -0.1) is 0 Å². The van der Waals surface area contributed by atoms with Crippen molar-refractivity contribution in [2.24, 2.45) is 0 Å². The van der Waals surface area contributed by atoms with E-state index in [2.05, 4.69) is 20.6 Å². The van der Waals surface area contributed by atoms with Crippen LogP contribution in [0.3, 0.4) is 0 Å². The van der Waals surface area contributed by atoms with Crippen molar-refractivity contribution in [2.45, 2.75) is 43.7 Å². The number of rotatable bonds is 7. The zero-order valence-corrected chi connectivity index (χ0v) is 20.4. The Kier molecular flexibility index (Phi) is 5.38. The third kappa shape index (κ3) is 3.72. The second kappa shape index (κ2) is 8.46. The molecule has 8 nitrogen and oxygen atoms in total. The summed E-state index contributed by atoms with van der Waals surface area (Å²) in [5.41, 5.74) is 4.15. The highest BCUT2D eigenvalue weighted by atomic mass is 35.5. The van der Waals surface area contributed by atoms with E-state index in [0.717, 1.165) is 42.8 Å². The lowest BCUT2D eigenvalue weighted by Gasteiger charge is -2.40. The number of nitrogens with zero attached hydrogens (tertiary/aromatic N) is 1. The second-order valence-corrected chi connectivity index (χ2v) is 9.99. The Morgan fingerprint density at radius 2 is 2.17 bits per heavy atom. The standard InChI is InChI=1S/C26H27ClN4O4/c1-26(9-11-35-26)13-34-19-12-28-10-8-15(19)22-23(29-18-5-3-4-16(27)24(18)33-2)20-21(31-22)14-6-7-17(14)30-25(20)32/h3-5,8,10,12,14,17,29,31H,6-7,9,11,13H2,1-2H3,(H,30,32)/t14-,17+,26-/m0/s1. The molecule has 4 heterocycles. The number of carbonyl (C=O) groups excluding carboxylic acids is 1. The molecule has 0 unspecified atom stereocenters. The van der Waals surface area contributed by atoms with Crippen molar-refractivity contribution in [3.63, 3.8) is 0 Å². The Morgan fingerprint density at radius 1 is 1.31 bits per heavy atom. The maximum absolute atomic E-state index is 13.3. The van der Waals surface area contributed by atoms with Crippen LogP contribution < -0.4 is 20.1 Å². The highest BCUT2D eigenvalue weighted by Gasteiger charge is 2.43. The van der Waals surface area contributed by atoms with Crippen LogP contribution in [0.25, 0.3) is 11.3 Å². The van der Waals surface area contributed by atoms with Crippen molar-refractivity contribution in [1.82, 2.24) is 15.3 Å². The van der Waals surface area contributed by atoms with Crippen LogP contribution >= 0.6 is 11.6 Å². The summed E-state index contributed by atoms with van der Waals surface area (Å²) in [5, 5.41) is 7.09. The number of pyridine rings is 1. The molecule has 0 spiro atoms. The molecule has 3 N–H and O–H groups in total. The lowest BCUT2D eigenvalue weighted by atomic mass is 9.74. The zero-order valence-electron chi connectivity index (χ0n) is 19.6. The van der Waals surface area contributed by atoms with Crippen LogP contribution in [0.15, 0.2) is 36.7 Å². The Labute approximate surface area is 208 Å². The fourth-order valence-electron chi connectivity index (χ4n) is 5.06. The van der Waals surface area contributed by atoms with Crippen molar-refractivity contribution in [3.8, 4) is 22.8 Å². The second-order valence-electron chi connectivity index (χ2n) is 9.58. The molecule has 1 amide bonds. The summed E-state index contributed by atoms with van der Waals surface area (Å²) in [5.74, 6) is 1.29. The van der Waals surface area contributed by atoms with Crippen molar-refractivity contribution < 1.29 is 19.0 Å². The van der Waals surface area contributed by atoms with E-state index >= 15 is 0 Å². The lowest BCUT2D eigenvalue weighted by Crippen LogP contribution is -2.49. The Morgan fingerprint density at radius 3 is 2.89 bits per heavy atom. The van der Waals surface area contributed by atoms with Crippen molar-refractivity contribution in [1.29, 1.82) is 0 Å². The minimum Gasteiger partial charge on any atom is -0.493 e. The van der Waals surface area contributed by atoms with Gasteiger partial charge in [-0.1, -0.05) is 17.7 Å². The Hall–Kier alpha value is -3.23. The number of aromatic amines is 1. The minimum absolute atomic E-state index is 0.0983. The molecule has 35 heavy (non-hydrogen) atoms. The van der Waals surface area contributed by atoms with E-state index in [-0.39, 0.29) is 23.5 Å².